The molecule has 0 aliphatic rings. The zero-order valence-electron chi connectivity index (χ0n) is 11.4. The predicted molar refractivity (Wildman–Crippen MR) is 75.6 cm³/mol. The van der Waals surface area contributed by atoms with Gasteiger partial charge < -0.3 is 9.64 Å². The Hall–Kier alpha value is -1.22. The Labute approximate surface area is 114 Å². The molecule has 0 N–H and O–H groups in total. The van der Waals surface area contributed by atoms with Gasteiger partial charge in [-0.25, -0.2) is 0 Å². The van der Waals surface area contributed by atoms with Crippen LogP contribution in [-0.2, 0) is 4.79 Å². The van der Waals surface area contributed by atoms with E-state index >= 15 is 0 Å². The van der Waals surface area contributed by atoms with E-state index in [0.29, 0.717) is 12.5 Å². The number of hydrogen-bond acceptors (Lipinski definition) is 2. The molecule has 3 nitrogen and oxygen atoms in total. The van der Waals surface area contributed by atoms with Crippen LogP contribution in [0.5, 0.6) is 5.75 Å². The summed E-state index contributed by atoms with van der Waals surface area (Å²) in [6.07, 6.45) is 0. The van der Waals surface area contributed by atoms with E-state index in [1.807, 2.05) is 25.1 Å². The number of carbonyl (C=O) groups is 1. The average Bonchev–Trinajstić information content (AvgIpc) is 2.35. The first-order valence-electron chi connectivity index (χ1n) is 6.01. The topological polar surface area (TPSA) is 29.5 Å². The highest BCUT2D eigenvalue weighted by atomic mass is 35.5. The van der Waals surface area contributed by atoms with Crippen LogP contribution in [0, 0.1) is 12.8 Å². The minimum Gasteiger partial charge on any atom is -0.491 e. The molecule has 0 bridgehead atoms. The maximum absolute atomic E-state index is 11.7. The molecule has 0 saturated heterocycles. The molecule has 18 heavy (non-hydrogen) atoms. The second kappa shape index (κ2) is 6.64. The third-order valence-corrected chi connectivity index (χ3v) is 2.77. The van der Waals surface area contributed by atoms with E-state index in [-0.39, 0.29) is 11.8 Å². The van der Waals surface area contributed by atoms with Crippen molar-refractivity contribution in [1.82, 2.24) is 0 Å². The molecular weight excluding hydrogens is 250 g/mol. The lowest BCUT2D eigenvalue weighted by Crippen LogP contribution is -2.28. The van der Waals surface area contributed by atoms with Crippen LogP contribution in [0.3, 0.4) is 0 Å². The van der Waals surface area contributed by atoms with Crippen molar-refractivity contribution in [1.29, 1.82) is 0 Å². The third-order valence-electron chi connectivity index (χ3n) is 2.54. The molecule has 0 atom stereocenters. The van der Waals surface area contributed by atoms with Crippen LogP contribution >= 0.6 is 11.6 Å². The lowest BCUT2D eigenvalue weighted by Gasteiger charge is -2.21. The Balaban J connectivity index is 2.99. The van der Waals surface area contributed by atoms with Crippen LogP contribution in [0.4, 0.5) is 5.69 Å². The van der Waals surface area contributed by atoms with E-state index in [1.54, 1.807) is 7.05 Å². The predicted octanol–water partition coefficient (Wildman–Crippen LogP) is 3.23. The van der Waals surface area contributed by atoms with Gasteiger partial charge in [0.25, 0.3) is 0 Å². The lowest BCUT2D eigenvalue weighted by atomic mass is 10.2. The molecule has 0 spiro atoms. The van der Waals surface area contributed by atoms with Crippen molar-refractivity contribution in [2.24, 2.45) is 5.92 Å². The molecule has 0 aromatic heterocycles. The number of ether oxygens (including phenoxy) is 1. The fraction of sp³-hybridized carbons (Fsp3) is 0.500. The summed E-state index contributed by atoms with van der Waals surface area (Å²) >= 11 is 5.58. The number of anilines is 1. The number of alkyl halides is 1. The van der Waals surface area contributed by atoms with Crippen LogP contribution in [0.1, 0.15) is 19.4 Å². The Bertz CT molecular complexity index is 418. The Morgan fingerprint density at radius 2 is 2.11 bits per heavy atom. The van der Waals surface area contributed by atoms with Gasteiger partial charge in [-0.05, 0) is 30.5 Å². The van der Waals surface area contributed by atoms with Crippen molar-refractivity contribution in [3.63, 3.8) is 0 Å². The number of carbonyl (C=O) groups excluding carboxylic acids is 1. The van der Waals surface area contributed by atoms with E-state index < -0.39 is 0 Å². The van der Waals surface area contributed by atoms with E-state index in [2.05, 4.69) is 13.8 Å². The summed E-state index contributed by atoms with van der Waals surface area (Å²) < 4.78 is 5.73. The standard InChI is InChI=1S/C14H20ClNO2/c1-10(2)9-18-13-6-5-11(3)7-12(13)16(4)14(17)8-15/h5-7,10H,8-9H2,1-4H3. The van der Waals surface area contributed by atoms with Gasteiger partial charge >= 0.3 is 0 Å². The first-order valence-corrected chi connectivity index (χ1v) is 6.55. The fourth-order valence-electron chi connectivity index (χ4n) is 1.49. The second-order valence-corrected chi connectivity index (χ2v) is 5.03. The number of benzene rings is 1. The van der Waals surface area contributed by atoms with Crippen LogP contribution in [-0.4, -0.2) is 25.4 Å². The van der Waals surface area contributed by atoms with Gasteiger partial charge in [0.15, 0.2) is 0 Å². The highest BCUT2D eigenvalue weighted by Crippen LogP contribution is 2.29. The zero-order chi connectivity index (χ0) is 13.7. The number of nitrogens with zero attached hydrogens (tertiary/aromatic N) is 1. The zero-order valence-corrected chi connectivity index (χ0v) is 12.1. The summed E-state index contributed by atoms with van der Waals surface area (Å²) in [4.78, 5) is 13.2. The largest absolute Gasteiger partial charge is 0.491 e. The average molecular weight is 270 g/mol. The molecule has 0 radical (unpaired) electrons. The second-order valence-electron chi connectivity index (χ2n) is 4.76. The van der Waals surface area contributed by atoms with E-state index in [0.717, 1.165) is 17.0 Å². The van der Waals surface area contributed by atoms with E-state index in [9.17, 15) is 4.79 Å². The van der Waals surface area contributed by atoms with Gasteiger partial charge in [0.1, 0.15) is 11.6 Å². The SMILES string of the molecule is Cc1ccc(OCC(C)C)c(N(C)C(=O)CCl)c1. The Morgan fingerprint density at radius 1 is 1.44 bits per heavy atom. The molecule has 0 fully saturated rings. The summed E-state index contributed by atoms with van der Waals surface area (Å²) in [6, 6.07) is 5.79. The van der Waals surface area contributed by atoms with Crippen LogP contribution in [0.15, 0.2) is 18.2 Å². The number of amides is 1. The summed E-state index contributed by atoms with van der Waals surface area (Å²) in [5, 5.41) is 0. The van der Waals surface area contributed by atoms with Crippen molar-refractivity contribution < 1.29 is 9.53 Å². The van der Waals surface area contributed by atoms with E-state index in [4.69, 9.17) is 16.3 Å². The maximum atomic E-state index is 11.7. The molecule has 4 heteroatoms. The minimum absolute atomic E-state index is 0.0337. The molecule has 1 rings (SSSR count). The molecule has 0 aliphatic carbocycles. The lowest BCUT2D eigenvalue weighted by molar-refractivity contribution is -0.116. The van der Waals surface area contributed by atoms with Gasteiger partial charge in [0, 0.05) is 7.05 Å². The monoisotopic (exact) mass is 269 g/mol. The Kier molecular flexibility index (Phi) is 5.48. The smallest absolute Gasteiger partial charge is 0.241 e. The number of hydrogen-bond donors (Lipinski definition) is 0. The summed E-state index contributed by atoms with van der Waals surface area (Å²) in [6.45, 7) is 6.77. The van der Waals surface area contributed by atoms with Gasteiger partial charge in [-0.15, -0.1) is 11.6 Å². The van der Waals surface area contributed by atoms with Crippen molar-refractivity contribution in [3.8, 4) is 5.75 Å². The number of halogens is 1. The fourth-order valence-corrected chi connectivity index (χ4v) is 1.67. The number of rotatable bonds is 5. The summed E-state index contributed by atoms with van der Waals surface area (Å²) in [5.41, 5.74) is 1.84. The summed E-state index contributed by atoms with van der Waals surface area (Å²) in [5.74, 6) is 0.980. The van der Waals surface area contributed by atoms with Crippen LogP contribution in [0.2, 0.25) is 0 Å². The highest BCUT2D eigenvalue weighted by molar-refractivity contribution is 6.29. The van der Waals surface area contributed by atoms with Crippen molar-refractivity contribution in [3.05, 3.63) is 23.8 Å². The molecule has 1 aromatic carbocycles. The van der Waals surface area contributed by atoms with Crippen LogP contribution in [0.25, 0.3) is 0 Å². The van der Waals surface area contributed by atoms with E-state index in [1.165, 1.54) is 4.90 Å². The van der Waals surface area contributed by atoms with Crippen molar-refractivity contribution >= 4 is 23.2 Å². The summed E-state index contributed by atoms with van der Waals surface area (Å²) in [7, 11) is 1.71. The molecule has 0 aliphatic heterocycles. The first kappa shape index (κ1) is 14.8. The van der Waals surface area contributed by atoms with Crippen molar-refractivity contribution in [2.45, 2.75) is 20.8 Å². The molecule has 1 amide bonds. The highest BCUT2D eigenvalue weighted by Gasteiger charge is 2.15. The molecule has 0 saturated carbocycles. The molecule has 0 unspecified atom stereocenters. The molecule has 100 valence electrons. The van der Waals surface area contributed by atoms with Gasteiger partial charge in [-0.2, -0.15) is 0 Å². The first-order chi connectivity index (χ1) is 8.45. The third kappa shape index (κ3) is 3.91. The van der Waals surface area contributed by atoms with Gasteiger partial charge in [-0.3, -0.25) is 4.79 Å². The normalized spacial score (nSPS) is 10.6. The quantitative estimate of drug-likeness (QED) is 0.768. The molecule has 0 heterocycles. The van der Waals surface area contributed by atoms with Gasteiger partial charge in [0.2, 0.25) is 5.91 Å². The van der Waals surface area contributed by atoms with Crippen LogP contribution < -0.4 is 9.64 Å². The molecular formula is C14H20ClNO2. The Morgan fingerprint density at radius 3 is 2.67 bits per heavy atom. The minimum atomic E-state index is -0.142. The van der Waals surface area contributed by atoms with Crippen molar-refractivity contribution in [2.75, 3.05) is 24.4 Å². The number of aryl methyl sites for hydroxylation is 1. The van der Waals surface area contributed by atoms with Gasteiger partial charge in [0.05, 0.1) is 12.3 Å². The molecule has 1 aromatic rings. The maximum Gasteiger partial charge on any atom is 0.241 e. The van der Waals surface area contributed by atoms with Gasteiger partial charge in [-0.1, -0.05) is 19.9 Å².